The molecular formula is C21H19ClN2O3. The first-order valence-corrected chi connectivity index (χ1v) is 8.85. The molecule has 0 fully saturated rings. The number of esters is 1. The molecule has 0 spiro atoms. The molecule has 0 saturated carbocycles. The van der Waals surface area contributed by atoms with Gasteiger partial charge in [-0.05, 0) is 36.8 Å². The molecule has 1 atom stereocenters. The van der Waals surface area contributed by atoms with Crippen molar-refractivity contribution in [3.05, 3.63) is 76.4 Å². The fourth-order valence-electron chi connectivity index (χ4n) is 2.93. The van der Waals surface area contributed by atoms with Crippen LogP contribution in [0.4, 0.5) is 0 Å². The van der Waals surface area contributed by atoms with Crippen molar-refractivity contribution in [2.45, 2.75) is 19.4 Å². The number of halogens is 1. The molecule has 0 aliphatic heterocycles. The van der Waals surface area contributed by atoms with Gasteiger partial charge in [0.15, 0.2) is 0 Å². The smallest absolute Gasteiger partial charge is 0.307 e. The van der Waals surface area contributed by atoms with Crippen LogP contribution in [0.25, 0.3) is 10.9 Å². The van der Waals surface area contributed by atoms with Gasteiger partial charge < -0.3 is 10.1 Å². The number of carbonyl (C=O) groups is 2. The standard InChI is InChI=1S/C21H19ClN2O3/c1-13-11-17(16-5-3-4-6-18(16)23-13)21(26)24-19(12-20(25)27-2)14-7-9-15(22)10-8-14/h3-11,19H,12H2,1-2H3,(H,24,26). The zero-order valence-electron chi connectivity index (χ0n) is 15.0. The van der Waals surface area contributed by atoms with Gasteiger partial charge in [-0.25, -0.2) is 0 Å². The fraction of sp³-hybridized carbons (Fsp3) is 0.190. The molecule has 2 aromatic carbocycles. The van der Waals surface area contributed by atoms with Gasteiger partial charge in [-0.15, -0.1) is 0 Å². The molecule has 0 radical (unpaired) electrons. The minimum atomic E-state index is -0.533. The van der Waals surface area contributed by atoms with E-state index in [1.165, 1.54) is 7.11 Å². The molecular weight excluding hydrogens is 364 g/mol. The molecule has 0 aliphatic carbocycles. The van der Waals surface area contributed by atoms with Gasteiger partial charge in [0.05, 0.1) is 30.7 Å². The molecule has 0 bridgehead atoms. The van der Waals surface area contributed by atoms with E-state index in [4.69, 9.17) is 16.3 Å². The number of pyridine rings is 1. The Bertz CT molecular complexity index is 986. The molecule has 0 saturated heterocycles. The van der Waals surface area contributed by atoms with Crippen LogP contribution in [0.5, 0.6) is 0 Å². The second kappa shape index (κ2) is 8.18. The van der Waals surface area contributed by atoms with Crippen molar-refractivity contribution in [3.8, 4) is 0 Å². The van der Waals surface area contributed by atoms with Crippen LogP contribution < -0.4 is 5.32 Å². The van der Waals surface area contributed by atoms with E-state index in [1.54, 1.807) is 30.3 Å². The van der Waals surface area contributed by atoms with E-state index in [-0.39, 0.29) is 12.3 Å². The number of methoxy groups -OCH3 is 1. The summed E-state index contributed by atoms with van der Waals surface area (Å²) in [4.78, 5) is 29.3. The van der Waals surface area contributed by atoms with E-state index in [9.17, 15) is 9.59 Å². The molecule has 5 nitrogen and oxygen atoms in total. The third-order valence-electron chi connectivity index (χ3n) is 4.27. The number of nitrogens with zero attached hydrogens (tertiary/aromatic N) is 1. The summed E-state index contributed by atoms with van der Waals surface area (Å²) in [5.74, 6) is -0.688. The normalized spacial score (nSPS) is 11.8. The van der Waals surface area contributed by atoms with E-state index in [0.29, 0.717) is 10.6 Å². The number of hydrogen-bond acceptors (Lipinski definition) is 4. The first kappa shape index (κ1) is 18.9. The maximum atomic E-state index is 13.0. The van der Waals surface area contributed by atoms with Crippen LogP contribution in [0.15, 0.2) is 54.6 Å². The van der Waals surface area contributed by atoms with E-state index in [1.807, 2.05) is 31.2 Å². The number of benzene rings is 2. The monoisotopic (exact) mass is 382 g/mol. The van der Waals surface area contributed by atoms with Gasteiger partial charge in [0.2, 0.25) is 0 Å². The van der Waals surface area contributed by atoms with Gasteiger partial charge in [-0.1, -0.05) is 41.9 Å². The molecule has 1 amide bonds. The zero-order valence-corrected chi connectivity index (χ0v) is 15.8. The average Bonchev–Trinajstić information content (AvgIpc) is 2.67. The molecule has 3 rings (SSSR count). The highest BCUT2D eigenvalue weighted by atomic mass is 35.5. The van der Waals surface area contributed by atoms with Crippen LogP contribution in [0, 0.1) is 6.92 Å². The molecule has 0 aliphatic rings. The Balaban J connectivity index is 1.95. The van der Waals surface area contributed by atoms with Crippen molar-refractivity contribution < 1.29 is 14.3 Å². The number of hydrogen-bond donors (Lipinski definition) is 1. The quantitative estimate of drug-likeness (QED) is 0.670. The van der Waals surface area contributed by atoms with Crippen LogP contribution in [0.2, 0.25) is 5.02 Å². The maximum absolute atomic E-state index is 13.0. The number of amides is 1. The first-order chi connectivity index (χ1) is 13.0. The number of para-hydroxylation sites is 1. The average molecular weight is 383 g/mol. The van der Waals surface area contributed by atoms with Crippen LogP contribution in [-0.4, -0.2) is 24.0 Å². The van der Waals surface area contributed by atoms with Gasteiger partial charge in [-0.3, -0.25) is 14.6 Å². The lowest BCUT2D eigenvalue weighted by Crippen LogP contribution is -2.30. The summed E-state index contributed by atoms with van der Waals surface area (Å²) in [7, 11) is 1.32. The van der Waals surface area contributed by atoms with Crippen molar-refractivity contribution in [2.24, 2.45) is 0 Å². The Morgan fingerprint density at radius 3 is 2.56 bits per heavy atom. The van der Waals surface area contributed by atoms with Gasteiger partial charge in [0.1, 0.15) is 0 Å². The molecule has 1 heterocycles. The Morgan fingerprint density at radius 1 is 1.15 bits per heavy atom. The molecule has 3 aromatic rings. The second-order valence-electron chi connectivity index (χ2n) is 6.19. The van der Waals surface area contributed by atoms with Crippen molar-refractivity contribution in [1.29, 1.82) is 0 Å². The summed E-state index contributed by atoms with van der Waals surface area (Å²) >= 11 is 5.95. The SMILES string of the molecule is COC(=O)CC(NC(=O)c1cc(C)nc2ccccc12)c1ccc(Cl)cc1. The van der Waals surface area contributed by atoms with Crippen LogP contribution >= 0.6 is 11.6 Å². The summed E-state index contributed by atoms with van der Waals surface area (Å²) < 4.78 is 4.78. The number of rotatable bonds is 5. The Labute approximate surface area is 162 Å². The lowest BCUT2D eigenvalue weighted by atomic mass is 10.0. The molecule has 6 heteroatoms. The lowest BCUT2D eigenvalue weighted by Gasteiger charge is -2.19. The molecule has 1 N–H and O–H groups in total. The van der Waals surface area contributed by atoms with Crippen LogP contribution in [0.1, 0.15) is 34.1 Å². The number of fused-ring (bicyclic) bond motifs is 1. The minimum Gasteiger partial charge on any atom is -0.469 e. The summed E-state index contributed by atoms with van der Waals surface area (Å²) in [5, 5.41) is 4.28. The van der Waals surface area contributed by atoms with E-state index < -0.39 is 12.0 Å². The number of nitrogens with one attached hydrogen (secondary N) is 1. The van der Waals surface area contributed by atoms with Crippen molar-refractivity contribution >= 4 is 34.4 Å². The molecule has 1 aromatic heterocycles. The number of ether oxygens (including phenoxy) is 1. The third kappa shape index (κ3) is 4.44. The minimum absolute atomic E-state index is 0.0197. The van der Waals surface area contributed by atoms with Crippen LogP contribution in [0.3, 0.4) is 0 Å². The Kier molecular flexibility index (Phi) is 5.72. The summed E-state index contributed by atoms with van der Waals surface area (Å²) in [5.41, 5.74) is 2.78. The largest absolute Gasteiger partial charge is 0.469 e. The molecule has 27 heavy (non-hydrogen) atoms. The topological polar surface area (TPSA) is 68.3 Å². The zero-order chi connectivity index (χ0) is 19.4. The van der Waals surface area contributed by atoms with Crippen molar-refractivity contribution in [2.75, 3.05) is 7.11 Å². The van der Waals surface area contributed by atoms with Gasteiger partial charge >= 0.3 is 5.97 Å². The lowest BCUT2D eigenvalue weighted by molar-refractivity contribution is -0.141. The summed E-state index contributed by atoms with van der Waals surface area (Å²) in [6.07, 6.45) is 0.0197. The summed E-state index contributed by atoms with van der Waals surface area (Å²) in [6.45, 7) is 1.84. The van der Waals surface area contributed by atoms with E-state index in [0.717, 1.165) is 22.2 Å². The van der Waals surface area contributed by atoms with E-state index >= 15 is 0 Å². The first-order valence-electron chi connectivity index (χ1n) is 8.47. The molecule has 1 unspecified atom stereocenters. The second-order valence-corrected chi connectivity index (χ2v) is 6.62. The third-order valence-corrected chi connectivity index (χ3v) is 4.52. The highest BCUT2D eigenvalue weighted by Gasteiger charge is 2.21. The number of carbonyl (C=O) groups excluding carboxylic acids is 2. The highest BCUT2D eigenvalue weighted by molar-refractivity contribution is 6.30. The Morgan fingerprint density at radius 2 is 1.85 bits per heavy atom. The maximum Gasteiger partial charge on any atom is 0.307 e. The Hall–Kier alpha value is -2.92. The molecule has 138 valence electrons. The predicted molar refractivity (Wildman–Crippen MR) is 105 cm³/mol. The fourth-order valence-corrected chi connectivity index (χ4v) is 3.05. The van der Waals surface area contributed by atoms with Crippen LogP contribution in [-0.2, 0) is 9.53 Å². The van der Waals surface area contributed by atoms with Gasteiger partial charge in [0.25, 0.3) is 5.91 Å². The highest BCUT2D eigenvalue weighted by Crippen LogP contribution is 2.23. The summed E-state index contributed by atoms with van der Waals surface area (Å²) in [6, 6.07) is 15.7. The van der Waals surface area contributed by atoms with Crippen molar-refractivity contribution in [1.82, 2.24) is 10.3 Å². The van der Waals surface area contributed by atoms with E-state index in [2.05, 4.69) is 10.3 Å². The van der Waals surface area contributed by atoms with Crippen molar-refractivity contribution in [3.63, 3.8) is 0 Å². The van der Waals surface area contributed by atoms with Gasteiger partial charge in [-0.2, -0.15) is 0 Å². The predicted octanol–water partition coefficient (Wildman–Crippen LogP) is 4.23. The van der Waals surface area contributed by atoms with Gasteiger partial charge in [0, 0.05) is 16.1 Å². The number of aryl methyl sites for hydroxylation is 1. The number of aromatic nitrogens is 1.